The van der Waals surface area contributed by atoms with E-state index in [1.54, 1.807) is 19.2 Å². The molecule has 0 saturated carbocycles. The zero-order valence-electron chi connectivity index (χ0n) is 18.1. The fourth-order valence-electron chi connectivity index (χ4n) is 4.29. The Balaban J connectivity index is 1.81. The molecular formula is C23H29FN2O4S. The van der Waals surface area contributed by atoms with Crippen molar-refractivity contribution in [2.24, 2.45) is 0 Å². The Bertz CT molecular complexity index is 1010. The molecule has 6 nitrogen and oxygen atoms in total. The van der Waals surface area contributed by atoms with Gasteiger partial charge in [0, 0.05) is 24.9 Å². The molecule has 31 heavy (non-hydrogen) atoms. The molecule has 0 unspecified atom stereocenters. The predicted molar refractivity (Wildman–Crippen MR) is 118 cm³/mol. The Morgan fingerprint density at radius 2 is 1.81 bits per heavy atom. The number of ether oxygens (including phenoxy) is 1. The number of rotatable bonds is 8. The first-order chi connectivity index (χ1) is 14.6. The molecule has 1 aliphatic rings. The van der Waals surface area contributed by atoms with Crippen LogP contribution in [0.4, 0.5) is 4.39 Å². The molecule has 0 aliphatic carbocycles. The first kappa shape index (κ1) is 23.2. The highest BCUT2D eigenvalue weighted by Gasteiger charge is 2.41. The third-order valence-electron chi connectivity index (χ3n) is 6.13. The molecule has 3 rings (SSSR count). The van der Waals surface area contributed by atoms with E-state index in [2.05, 4.69) is 4.72 Å². The summed E-state index contributed by atoms with van der Waals surface area (Å²) in [5.41, 5.74) is 1.33. The van der Waals surface area contributed by atoms with Gasteiger partial charge in [0.25, 0.3) is 0 Å². The van der Waals surface area contributed by atoms with E-state index >= 15 is 0 Å². The summed E-state index contributed by atoms with van der Waals surface area (Å²) in [6.07, 6.45) is 2.48. The number of carbonyl (C=O) groups is 1. The van der Waals surface area contributed by atoms with E-state index in [-0.39, 0.29) is 30.7 Å². The average molecular weight is 449 g/mol. The van der Waals surface area contributed by atoms with Crippen molar-refractivity contribution in [1.29, 1.82) is 0 Å². The maximum absolute atomic E-state index is 13.5. The highest BCUT2D eigenvalue weighted by Crippen LogP contribution is 2.41. The quantitative estimate of drug-likeness (QED) is 0.672. The summed E-state index contributed by atoms with van der Waals surface area (Å²) in [5.74, 6) is 0.415. The Labute approximate surface area is 183 Å². The van der Waals surface area contributed by atoms with E-state index in [0.717, 1.165) is 23.1 Å². The second kappa shape index (κ2) is 9.36. The summed E-state index contributed by atoms with van der Waals surface area (Å²) in [6.45, 7) is 2.75. The smallest absolute Gasteiger partial charge is 0.223 e. The van der Waals surface area contributed by atoms with Gasteiger partial charge < -0.3 is 9.64 Å². The van der Waals surface area contributed by atoms with Crippen molar-refractivity contribution in [3.8, 4) is 5.75 Å². The van der Waals surface area contributed by atoms with Crippen molar-refractivity contribution >= 4 is 15.9 Å². The van der Waals surface area contributed by atoms with Crippen LogP contribution in [0.5, 0.6) is 5.75 Å². The van der Waals surface area contributed by atoms with Crippen molar-refractivity contribution in [3.05, 3.63) is 65.5 Å². The number of nitrogens with one attached hydrogen (secondary N) is 1. The number of methoxy groups -OCH3 is 1. The van der Waals surface area contributed by atoms with Gasteiger partial charge in [-0.1, -0.05) is 24.3 Å². The molecule has 0 radical (unpaired) electrons. The molecule has 2 aromatic carbocycles. The number of likely N-dealkylation sites (tertiary alicyclic amines) is 1. The van der Waals surface area contributed by atoms with Crippen molar-refractivity contribution in [2.45, 2.75) is 37.6 Å². The molecule has 0 aromatic heterocycles. The largest absolute Gasteiger partial charge is 0.497 e. The van der Waals surface area contributed by atoms with Gasteiger partial charge >= 0.3 is 0 Å². The summed E-state index contributed by atoms with van der Waals surface area (Å²) in [7, 11) is -1.72. The normalized spacial score (nSPS) is 20.5. The van der Waals surface area contributed by atoms with Gasteiger partial charge in [0.15, 0.2) is 0 Å². The topological polar surface area (TPSA) is 75.7 Å². The number of benzene rings is 2. The van der Waals surface area contributed by atoms with E-state index in [0.29, 0.717) is 19.4 Å². The molecule has 1 N–H and O–H groups in total. The fourth-order valence-corrected chi connectivity index (χ4v) is 4.77. The summed E-state index contributed by atoms with van der Waals surface area (Å²) in [4.78, 5) is 15.1. The highest BCUT2D eigenvalue weighted by atomic mass is 32.2. The van der Waals surface area contributed by atoms with Gasteiger partial charge in [-0.15, -0.1) is 0 Å². The lowest BCUT2D eigenvalue weighted by Gasteiger charge is -2.44. The van der Waals surface area contributed by atoms with Gasteiger partial charge in [-0.3, -0.25) is 4.79 Å². The van der Waals surface area contributed by atoms with Crippen LogP contribution >= 0.6 is 0 Å². The molecular weight excluding hydrogens is 419 g/mol. The molecule has 1 saturated heterocycles. The van der Waals surface area contributed by atoms with Gasteiger partial charge in [-0.05, 0) is 55.2 Å². The lowest BCUT2D eigenvalue weighted by molar-refractivity contribution is -0.138. The minimum atomic E-state index is -3.34. The number of sulfonamides is 1. The van der Waals surface area contributed by atoms with Gasteiger partial charge in [0.05, 0.1) is 19.4 Å². The SMILES string of the molecule is COc1ccc([C@@H](C)N2CC[C@@](CCNS(C)(=O)=O)(c3ccc(F)cc3)CC2=O)cc1. The number of amides is 1. The Hall–Kier alpha value is -2.45. The van der Waals surface area contributed by atoms with Crippen LogP contribution in [0.25, 0.3) is 0 Å². The second-order valence-electron chi connectivity index (χ2n) is 8.17. The number of halogens is 1. The zero-order chi connectivity index (χ0) is 22.6. The Morgan fingerprint density at radius 3 is 2.35 bits per heavy atom. The molecule has 0 spiro atoms. The van der Waals surface area contributed by atoms with E-state index in [4.69, 9.17) is 4.74 Å². The van der Waals surface area contributed by atoms with Crippen LogP contribution < -0.4 is 9.46 Å². The highest BCUT2D eigenvalue weighted by molar-refractivity contribution is 7.88. The van der Waals surface area contributed by atoms with Crippen LogP contribution in [-0.4, -0.2) is 45.7 Å². The first-order valence-corrected chi connectivity index (χ1v) is 12.2. The lowest BCUT2D eigenvalue weighted by atomic mass is 9.70. The van der Waals surface area contributed by atoms with E-state index in [1.807, 2.05) is 36.1 Å². The molecule has 168 valence electrons. The minimum Gasteiger partial charge on any atom is -0.497 e. The summed E-state index contributed by atoms with van der Waals surface area (Å²) < 4.78 is 44.3. The summed E-state index contributed by atoms with van der Waals surface area (Å²) >= 11 is 0. The summed E-state index contributed by atoms with van der Waals surface area (Å²) in [6, 6.07) is 13.7. The second-order valence-corrected chi connectivity index (χ2v) is 10.00. The molecule has 1 amide bonds. The van der Waals surface area contributed by atoms with Crippen LogP contribution in [0.15, 0.2) is 48.5 Å². The van der Waals surface area contributed by atoms with Crippen LogP contribution in [-0.2, 0) is 20.2 Å². The van der Waals surface area contributed by atoms with Gasteiger partial charge in [0.1, 0.15) is 11.6 Å². The molecule has 1 fully saturated rings. The van der Waals surface area contributed by atoms with Crippen molar-refractivity contribution < 1.29 is 22.3 Å². The average Bonchev–Trinajstić information content (AvgIpc) is 2.73. The van der Waals surface area contributed by atoms with Crippen molar-refractivity contribution in [2.75, 3.05) is 26.5 Å². The monoisotopic (exact) mass is 448 g/mol. The molecule has 1 aliphatic heterocycles. The summed E-state index contributed by atoms with van der Waals surface area (Å²) in [5, 5.41) is 0. The van der Waals surface area contributed by atoms with E-state index in [9.17, 15) is 17.6 Å². The molecule has 0 bridgehead atoms. The van der Waals surface area contributed by atoms with Crippen LogP contribution in [0.1, 0.15) is 43.4 Å². The number of nitrogens with zero attached hydrogens (tertiary/aromatic N) is 1. The van der Waals surface area contributed by atoms with Crippen LogP contribution in [0, 0.1) is 5.82 Å². The van der Waals surface area contributed by atoms with Crippen LogP contribution in [0.2, 0.25) is 0 Å². The number of carbonyl (C=O) groups excluding carboxylic acids is 1. The number of hydrogen-bond acceptors (Lipinski definition) is 4. The Morgan fingerprint density at radius 1 is 1.16 bits per heavy atom. The third-order valence-corrected chi connectivity index (χ3v) is 6.86. The van der Waals surface area contributed by atoms with E-state index in [1.165, 1.54) is 12.1 Å². The van der Waals surface area contributed by atoms with Gasteiger partial charge in [0.2, 0.25) is 15.9 Å². The standard InChI is InChI=1S/C23H29FN2O4S/c1-17(18-4-10-21(30-2)11-5-18)26-15-13-23(16-22(26)27,12-14-25-31(3,28)29)19-6-8-20(24)9-7-19/h4-11,17,25H,12-16H2,1-3H3/t17-,23-/m1/s1. The van der Waals surface area contributed by atoms with Crippen molar-refractivity contribution in [3.63, 3.8) is 0 Å². The zero-order valence-corrected chi connectivity index (χ0v) is 18.9. The predicted octanol–water partition coefficient (Wildman–Crippen LogP) is 3.40. The van der Waals surface area contributed by atoms with E-state index < -0.39 is 15.4 Å². The molecule has 1 heterocycles. The molecule has 2 aromatic rings. The van der Waals surface area contributed by atoms with Crippen molar-refractivity contribution in [1.82, 2.24) is 9.62 Å². The Kier molecular flexibility index (Phi) is 7.01. The molecule has 2 atom stereocenters. The third kappa shape index (κ3) is 5.62. The maximum Gasteiger partial charge on any atom is 0.223 e. The number of hydrogen-bond donors (Lipinski definition) is 1. The first-order valence-electron chi connectivity index (χ1n) is 10.3. The molecule has 8 heteroatoms. The van der Waals surface area contributed by atoms with Gasteiger partial charge in [-0.25, -0.2) is 17.5 Å². The van der Waals surface area contributed by atoms with Gasteiger partial charge in [-0.2, -0.15) is 0 Å². The fraction of sp³-hybridized carbons (Fsp3) is 0.435. The maximum atomic E-state index is 13.5. The lowest BCUT2D eigenvalue weighted by Crippen LogP contribution is -2.48. The van der Waals surface area contributed by atoms with Crippen LogP contribution in [0.3, 0.4) is 0 Å². The minimum absolute atomic E-state index is 0.00162. The number of piperidine rings is 1.